The molecule has 2 aromatic rings. The molecule has 0 atom stereocenters. The van der Waals surface area contributed by atoms with E-state index in [2.05, 4.69) is 20.0 Å². The van der Waals surface area contributed by atoms with Gasteiger partial charge in [-0.25, -0.2) is 9.67 Å². The third kappa shape index (κ3) is 2.86. The van der Waals surface area contributed by atoms with E-state index in [4.69, 9.17) is 0 Å². The van der Waals surface area contributed by atoms with Gasteiger partial charge in [-0.2, -0.15) is 10.1 Å². The van der Waals surface area contributed by atoms with Gasteiger partial charge in [0.2, 0.25) is 5.95 Å². The number of aromatic nitrogens is 4. The van der Waals surface area contributed by atoms with Crippen LogP contribution in [0.25, 0.3) is 0 Å². The van der Waals surface area contributed by atoms with Gasteiger partial charge in [0.05, 0.1) is 6.54 Å². The summed E-state index contributed by atoms with van der Waals surface area (Å²) in [6, 6.07) is 5.08. The van der Waals surface area contributed by atoms with Crippen molar-refractivity contribution in [2.75, 3.05) is 37.0 Å². The van der Waals surface area contributed by atoms with Crippen LogP contribution in [0.4, 0.5) is 11.8 Å². The zero-order valence-corrected chi connectivity index (χ0v) is 12.2. The Labute approximate surface area is 122 Å². The van der Waals surface area contributed by atoms with E-state index in [9.17, 15) is 4.79 Å². The highest BCUT2D eigenvalue weighted by Crippen LogP contribution is 2.23. The first-order valence-corrected chi connectivity index (χ1v) is 6.91. The Kier molecular flexibility index (Phi) is 3.55. The van der Waals surface area contributed by atoms with Gasteiger partial charge in [-0.1, -0.05) is 0 Å². The van der Waals surface area contributed by atoms with Crippen LogP contribution in [-0.4, -0.2) is 46.9 Å². The summed E-state index contributed by atoms with van der Waals surface area (Å²) in [6.45, 7) is 2.34. The van der Waals surface area contributed by atoms with Gasteiger partial charge < -0.3 is 9.80 Å². The van der Waals surface area contributed by atoms with Gasteiger partial charge in [0.25, 0.3) is 5.56 Å². The van der Waals surface area contributed by atoms with Crippen molar-refractivity contribution in [3.05, 3.63) is 40.9 Å². The minimum Gasteiger partial charge on any atom is -0.363 e. The van der Waals surface area contributed by atoms with Crippen LogP contribution in [0.15, 0.2) is 35.4 Å². The maximum Gasteiger partial charge on any atom is 0.266 e. The average Bonchev–Trinajstić information content (AvgIpc) is 2.44. The number of anilines is 2. The Balaban J connectivity index is 1.62. The van der Waals surface area contributed by atoms with Crippen molar-refractivity contribution in [3.8, 4) is 0 Å². The highest BCUT2D eigenvalue weighted by Gasteiger charge is 2.29. The van der Waals surface area contributed by atoms with E-state index in [-0.39, 0.29) is 5.56 Å². The van der Waals surface area contributed by atoms with Crippen LogP contribution >= 0.6 is 0 Å². The largest absolute Gasteiger partial charge is 0.363 e. The monoisotopic (exact) mass is 286 g/mol. The van der Waals surface area contributed by atoms with Crippen molar-refractivity contribution in [1.82, 2.24) is 19.7 Å². The molecule has 1 aliphatic rings. The second-order valence-electron chi connectivity index (χ2n) is 5.42. The Hall–Kier alpha value is -2.44. The number of hydrogen-bond acceptors (Lipinski definition) is 6. The highest BCUT2D eigenvalue weighted by molar-refractivity contribution is 5.43. The molecule has 1 aliphatic heterocycles. The predicted molar refractivity (Wildman–Crippen MR) is 80.6 cm³/mol. The molecule has 0 aliphatic carbocycles. The lowest BCUT2D eigenvalue weighted by Crippen LogP contribution is -2.50. The molecule has 0 bridgehead atoms. The van der Waals surface area contributed by atoms with Crippen LogP contribution in [-0.2, 0) is 6.54 Å². The molecule has 0 unspecified atom stereocenters. The van der Waals surface area contributed by atoms with Crippen LogP contribution in [0.3, 0.4) is 0 Å². The first-order chi connectivity index (χ1) is 10.1. The molecule has 0 amide bonds. The van der Waals surface area contributed by atoms with Crippen molar-refractivity contribution in [3.63, 3.8) is 0 Å². The first-order valence-electron chi connectivity index (χ1n) is 6.91. The molecule has 1 fully saturated rings. The summed E-state index contributed by atoms with van der Waals surface area (Å²) in [7, 11) is 3.91. The summed E-state index contributed by atoms with van der Waals surface area (Å²) in [6.07, 6.45) is 3.41. The highest BCUT2D eigenvalue weighted by atomic mass is 16.1. The fourth-order valence-electron chi connectivity index (χ4n) is 2.36. The number of hydrogen-bond donors (Lipinski definition) is 0. The van der Waals surface area contributed by atoms with Crippen molar-refractivity contribution >= 4 is 11.8 Å². The summed E-state index contributed by atoms with van der Waals surface area (Å²) in [4.78, 5) is 24.5. The predicted octanol–water partition coefficient (Wildman–Crippen LogP) is 0.236. The van der Waals surface area contributed by atoms with Crippen molar-refractivity contribution in [2.24, 2.45) is 5.92 Å². The van der Waals surface area contributed by atoms with Crippen LogP contribution in [0.5, 0.6) is 0 Å². The SMILES string of the molecule is CN(C)c1ccnc(N2CC(Cn3ncccc3=O)C2)n1. The second kappa shape index (κ2) is 5.51. The Morgan fingerprint density at radius 3 is 2.81 bits per heavy atom. The summed E-state index contributed by atoms with van der Waals surface area (Å²) in [5.41, 5.74) is -0.0539. The Morgan fingerprint density at radius 2 is 2.10 bits per heavy atom. The van der Waals surface area contributed by atoms with Crippen LogP contribution in [0, 0.1) is 5.92 Å². The molecule has 2 aromatic heterocycles. The Morgan fingerprint density at radius 1 is 1.29 bits per heavy atom. The van der Waals surface area contributed by atoms with E-state index in [1.54, 1.807) is 18.5 Å². The molecule has 7 nitrogen and oxygen atoms in total. The normalized spacial score (nSPS) is 14.9. The summed E-state index contributed by atoms with van der Waals surface area (Å²) < 4.78 is 1.51. The molecular weight excluding hydrogens is 268 g/mol. The summed E-state index contributed by atoms with van der Waals surface area (Å²) in [5, 5.41) is 4.08. The molecule has 0 N–H and O–H groups in total. The zero-order valence-electron chi connectivity index (χ0n) is 12.2. The maximum atomic E-state index is 11.6. The lowest BCUT2D eigenvalue weighted by atomic mass is 10.0. The fourth-order valence-corrected chi connectivity index (χ4v) is 2.36. The maximum absolute atomic E-state index is 11.6. The van der Waals surface area contributed by atoms with Crippen molar-refractivity contribution in [2.45, 2.75) is 6.54 Å². The minimum atomic E-state index is -0.0539. The van der Waals surface area contributed by atoms with Crippen LogP contribution < -0.4 is 15.4 Å². The van der Waals surface area contributed by atoms with Gasteiger partial charge >= 0.3 is 0 Å². The van der Waals surface area contributed by atoms with Crippen LogP contribution in [0.1, 0.15) is 0 Å². The molecule has 21 heavy (non-hydrogen) atoms. The standard InChI is InChI=1S/C14H18N6O/c1-18(2)12-5-7-15-14(17-12)19-8-11(9-19)10-20-13(21)4-3-6-16-20/h3-7,11H,8-10H2,1-2H3. The van der Waals surface area contributed by atoms with E-state index in [0.29, 0.717) is 12.5 Å². The number of rotatable bonds is 4. The van der Waals surface area contributed by atoms with Crippen molar-refractivity contribution < 1.29 is 0 Å². The summed E-state index contributed by atoms with van der Waals surface area (Å²) >= 11 is 0. The smallest absolute Gasteiger partial charge is 0.266 e. The third-order valence-corrected chi connectivity index (χ3v) is 3.54. The van der Waals surface area contributed by atoms with E-state index in [1.165, 1.54) is 10.7 Å². The van der Waals surface area contributed by atoms with Gasteiger partial charge in [0.1, 0.15) is 5.82 Å². The van der Waals surface area contributed by atoms with E-state index < -0.39 is 0 Å². The third-order valence-electron chi connectivity index (χ3n) is 3.54. The molecule has 3 heterocycles. The summed E-state index contributed by atoms with van der Waals surface area (Å²) in [5.74, 6) is 2.04. The first kappa shape index (κ1) is 13.5. The lowest BCUT2D eigenvalue weighted by Gasteiger charge is -2.39. The molecule has 1 saturated heterocycles. The van der Waals surface area contributed by atoms with E-state index in [1.807, 2.05) is 25.1 Å². The number of nitrogens with zero attached hydrogens (tertiary/aromatic N) is 6. The molecule has 0 saturated carbocycles. The fraction of sp³-hybridized carbons (Fsp3) is 0.429. The van der Waals surface area contributed by atoms with Gasteiger partial charge in [-0.3, -0.25) is 4.79 Å². The van der Waals surface area contributed by atoms with Gasteiger partial charge in [0.15, 0.2) is 0 Å². The Bertz CT molecular complexity index is 677. The van der Waals surface area contributed by atoms with Gasteiger partial charge in [-0.15, -0.1) is 0 Å². The quantitative estimate of drug-likeness (QED) is 0.802. The second-order valence-corrected chi connectivity index (χ2v) is 5.42. The lowest BCUT2D eigenvalue weighted by molar-refractivity contribution is 0.331. The van der Waals surface area contributed by atoms with Gasteiger partial charge in [-0.05, 0) is 12.1 Å². The molecule has 3 rings (SSSR count). The molecule has 110 valence electrons. The van der Waals surface area contributed by atoms with Crippen molar-refractivity contribution in [1.29, 1.82) is 0 Å². The molecule has 0 aromatic carbocycles. The van der Waals surface area contributed by atoms with E-state index >= 15 is 0 Å². The molecule has 7 heteroatoms. The van der Waals surface area contributed by atoms with Gasteiger partial charge in [0, 0.05) is 51.6 Å². The average molecular weight is 286 g/mol. The van der Waals surface area contributed by atoms with Crippen LogP contribution in [0.2, 0.25) is 0 Å². The topological polar surface area (TPSA) is 67.2 Å². The molecule has 0 spiro atoms. The zero-order chi connectivity index (χ0) is 14.8. The minimum absolute atomic E-state index is 0.0539. The molecule has 0 radical (unpaired) electrons. The molecular formula is C14H18N6O. The van der Waals surface area contributed by atoms with E-state index in [0.717, 1.165) is 24.9 Å².